The Morgan fingerprint density at radius 1 is 1.11 bits per heavy atom. The SMILES string of the molecule is CC1=C(C#C[Si](C)(C)C)C(C)(C)C2(CC1)OCCO2. The molecule has 2 nitrogen and oxygen atoms in total. The lowest BCUT2D eigenvalue weighted by molar-refractivity contribution is -0.222. The van der Waals surface area contributed by atoms with Crippen molar-refractivity contribution in [1.29, 1.82) is 0 Å². The normalized spacial score (nSPS) is 25.4. The van der Waals surface area contributed by atoms with Crippen LogP contribution < -0.4 is 0 Å². The van der Waals surface area contributed by atoms with Crippen molar-refractivity contribution in [2.75, 3.05) is 13.2 Å². The quantitative estimate of drug-likeness (QED) is 0.496. The average molecular weight is 278 g/mol. The van der Waals surface area contributed by atoms with Crippen LogP contribution in [0.3, 0.4) is 0 Å². The van der Waals surface area contributed by atoms with E-state index < -0.39 is 13.9 Å². The van der Waals surface area contributed by atoms with Crippen molar-refractivity contribution in [3.05, 3.63) is 11.1 Å². The van der Waals surface area contributed by atoms with E-state index in [9.17, 15) is 0 Å². The van der Waals surface area contributed by atoms with Crippen LogP contribution in [0.2, 0.25) is 19.6 Å². The van der Waals surface area contributed by atoms with Gasteiger partial charge in [0, 0.05) is 12.0 Å². The molecule has 1 spiro atoms. The van der Waals surface area contributed by atoms with Crippen molar-refractivity contribution >= 4 is 8.07 Å². The molecule has 0 aromatic heterocycles. The summed E-state index contributed by atoms with van der Waals surface area (Å²) in [5.41, 5.74) is 5.99. The van der Waals surface area contributed by atoms with E-state index >= 15 is 0 Å². The van der Waals surface area contributed by atoms with Gasteiger partial charge in [-0.2, -0.15) is 0 Å². The minimum absolute atomic E-state index is 0.154. The van der Waals surface area contributed by atoms with Crippen LogP contribution in [0, 0.1) is 16.9 Å². The summed E-state index contributed by atoms with van der Waals surface area (Å²) >= 11 is 0. The van der Waals surface area contributed by atoms with Gasteiger partial charge >= 0.3 is 0 Å². The first-order valence-corrected chi connectivity index (χ1v) is 10.7. The molecule has 0 N–H and O–H groups in total. The lowest BCUT2D eigenvalue weighted by Gasteiger charge is -2.46. The Balaban J connectivity index is 2.41. The molecular formula is C16H26O2Si. The molecule has 0 aromatic carbocycles. The molecule has 2 aliphatic rings. The van der Waals surface area contributed by atoms with E-state index in [0.29, 0.717) is 13.2 Å². The molecule has 0 unspecified atom stereocenters. The van der Waals surface area contributed by atoms with Gasteiger partial charge < -0.3 is 9.47 Å². The highest BCUT2D eigenvalue weighted by molar-refractivity contribution is 6.83. The number of hydrogen-bond acceptors (Lipinski definition) is 2. The van der Waals surface area contributed by atoms with Crippen molar-refractivity contribution in [2.24, 2.45) is 5.41 Å². The zero-order valence-corrected chi connectivity index (χ0v) is 14.1. The third-order valence-corrected chi connectivity index (χ3v) is 5.02. The fraction of sp³-hybridized carbons (Fsp3) is 0.750. The number of hydrogen-bond donors (Lipinski definition) is 0. The van der Waals surface area contributed by atoms with Gasteiger partial charge in [0.15, 0.2) is 5.79 Å². The zero-order valence-electron chi connectivity index (χ0n) is 13.1. The maximum absolute atomic E-state index is 5.99. The van der Waals surface area contributed by atoms with E-state index in [1.807, 2.05) is 0 Å². The third-order valence-electron chi connectivity index (χ3n) is 4.15. The average Bonchev–Trinajstić information content (AvgIpc) is 2.73. The second kappa shape index (κ2) is 4.77. The molecule has 1 aliphatic carbocycles. The molecule has 1 fully saturated rings. The van der Waals surface area contributed by atoms with Crippen LogP contribution in [0.5, 0.6) is 0 Å². The van der Waals surface area contributed by atoms with E-state index in [1.54, 1.807) is 0 Å². The fourth-order valence-electron chi connectivity index (χ4n) is 2.99. The molecule has 0 amide bonds. The van der Waals surface area contributed by atoms with Gasteiger partial charge in [0.25, 0.3) is 0 Å². The van der Waals surface area contributed by atoms with Gasteiger partial charge in [0.1, 0.15) is 8.07 Å². The highest BCUT2D eigenvalue weighted by Crippen LogP contribution is 2.51. The molecule has 2 rings (SSSR count). The molecule has 19 heavy (non-hydrogen) atoms. The predicted molar refractivity (Wildman–Crippen MR) is 81.5 cm³/mol. The van der Waals surface area contributed by atoms with Crippen LogP contribution in [-0.4, -0.2) is 27.1 Å². The Labute approximate surface area is 118 Å². The lowest BCUT2D eigenvalue weighted by atomic mass is 9.68. The molecule has 0 aromatic rings. The second-order valence-corrected chi connectivity index (χ2v) is 12.0. The van der Waals surface area contributed by atoms with Crippen molar-refractivity contribution in [3.8, 4) is 11.5 Å². The standard InChI is InChI=1S/C16H26O2Si/c1-13-7-9-16(17-10-11-18-16)15(2,3)14(13)8-12-19(4,5)6/h7,9-11H2,1-6H3. The second-order valence-electron chi connectivity index (χ2n) is 7.23. The van der Waals surface area contributed by atoms with Crippen LogP contribution in [0.25, 0.3) is 0 Å². The van der Waals surface area contributed by atoms with Crippen LogP contribution >= 0.6 is 0 Å². The number of ether oxygens (including phenoxy) is 2. The molecule has 106 valence electrons. The summed E-state index contributed by atoms with van der Waals surface area (Å²) < 4.78 is 12.0. The molecule has 3 heteroatoms. The third kappa shape index (κ3) is 2.67. The lowest BCUT2D eigenvalue weighted by Crippen LogP contribution is -2.49. The Kier molecular flexibility index (Phi) is 3.72. The van der Waals surface area contributed by atoms with Crippen molar-refractivity contribution in [2.45, 2.75) is 59.0 Å². The summed E-state index contributed by atoms with van der Waals surface area (Å²) in [5.74, 6) is 3.04. The van der Waals surface area contributed by atoms with Crippen molar-refractivity contribution in [3.63, 3.8) is 0 Å². The maximum atomic E-state index is 5.99. The summed E-state index contributed by atoms with van der Waals surface area (Å²) in [6.45, 7) is 14.9. The van der Waals surface area contributed by atoms with Crippen LogP contribution in [0.4, 0.5) is 0 Å². The highest BCUT2D eigenvalue weighted by atomic mass is 28.3. The Bertz CT molecular complexity index is 451. The van der Waals surface area contributed by atoms with E-state index in [-0.39, 0.29) is 5.41 Å². The van der Waals surface area contributed by atoms with E-state index in [4.69, 9.17) is 9.47 Å². The molecular weight excluding hydrogens is 252 g/mol. The number of rotatable bonds is 0. The Hall–Kier alpha value is -0.563. The summed E-state index contributed by atoms with van der Waals surface area (Å²) in [5, 5.41) is 0. The first-order chi connectivity index (χ1) is 8.68. The topological polar surface area (TPSA) is 18.5 Å². The molecule has 1 saturated heterocycles. The molecule has 0 atom stereocenters. The minimum Gasteiger partial charge on any atom is -0.347 e. The van der Waals surface area contributed by atoms with Gasteiger partial charge in [0.05, 0.1) is 18.6 Å². The van der Waals surface area contributed by atoms with Gasteiger partial charge in [-0.25, -0.2) is 0 Å². The summed E-state index contributed by atoms with van der Waals surface area (Å²) in [6, 6.07) is 0. The predicted octanol–water partition coefficient (Wildman–Crippen LogP) is 3.75. The van der Waals surface area contributed by atoms with E-state index in [1.165, 1.54) is 11.1 Å². The van der Waals surface area contributed by atoms with Crippen LogP contribution in [-0.2, 0) is 9.47 Å². The van der Waals surface area contributed by atoms with Crippen LogP contribution in [0.15, 0.2) is 11.1 Å². The van der Waals surface area contributed by atoms with Crippen molar-refractivity contribution in [1.82, 2.24) is 0 Å². The monoisotopic (exact) mass is 278 g/mol. The van der Waals surface area contributed by atoms with E-state index in [0.717, 1.165) is 12.8 Å². The first-order valence-electron chi connectivity index (χ1n) is 7.19. The molecule has 0 saturated carbocycles. The van der Waals surface area contributed by atoms with Gasteiger partial charge in [-0.15, -0.1) is 5.54 Å². The minimum atomic E-state index is -1.36. The summed E-state index contributed by atoms with van der Waals surface area (Å²) in [6.07, 6.45) is 1.98. The van der Waals surface area contributed by atoms with Crippen LogP contribution in [0.1, 0.15) is 33.6 Å². The maximum Gasteiger partial charge on any atom is 0.178 e. The van der Waals surface area contributed by atoms with Gasteiger partial charge in [-0.1, -0.05) is 31.1 Å². The first kappa shape index (κ1) is 14.8. The summed E-state index contributed by atoms with van der Waals surface area (Å²) in [7, 11) is -1.36. The van der Waals surface area contributed by atoms with E-state index in [2.05, 4.69) is 51.9 Å². The molecule has 0 radical (unpaired) electrons. The van der Waals surface area contributed by atoms with Gasteiger partial charge in [0.2, 0.25) is 0 Å². The highest BCUT2D eigenvalue weighted by Gasteiger charge is 2.54. The summed E-state index contributed by atoms with van der Waals surface area (Å²) in [4.78, 5) is 0. The Morgan fingerprint density at radius 3 is 2.21 bits per heavy atom. The molecule has 1 aliphatic heterocycles. The molecule has 1 heterocycles. The zero-order chi connectivity index (χ0) is 14.3. The Morgan fingerprint density at radius 2 is 1.68 bits per heavy atom. The van der Waals surface area contributed by atoms with Gasteiger partial charge in [-0.05, 0) is 27.2 Å². The fourth-order valence-corrected chi connectivity index (χ4v) is 3.49. The number of allylic oxidation sites excluding steroid dienone is 1. The molecule has 0 bridgehead atoms. The largest absolute Gasteiger partial charge is 0.347 e. The smallest absolute Gasteiger partial charge is 0.178 e. The van der Waals surface area contributed by atoms with Crippen molar-refractivity contribution < 1.29 is 9.47 Å². The van der Waals surface area contributed by atoms with Gasteiger partial charge in [-0.3, -0.25) is 0 Å².